The minimum atomic E-state index is -3.43. The van der Waals surface area contributed by atoms with E-state index in [-0.39, 0.29) is 18.9 Å². The average Bonchev–Trinajstić information content (AvgIpc) is 2.65. The van der Waals surface area contributed by atoms with Crippen molar-refractivity contribution in [1.29, 1.82) is 0 Å². The number of hydrogen-bond acceptors (Lipinski definition) is 4. The summed E-state index contributed by atoms with van der Waals surface area (Å²) in [6.07, 6.45) is 1.81. The van der Waals surface area contributed by atoms with Crippen molar-refractivity contribution in [3.05, 3.63) is 58.6 Å². The van der Waals surface area contributed by atoms with Gasteiger partial charge in [0.05, 0.1) is 23.5 Å². The number of carbonyl (C=O) groups is 1. The van der Waals surface area contributed by atoms with Gasteiger partial charge in [0.2, 0.25) is 15.9 Å². The summed E-state index contributed by atoms with van der Waals surface area (Å²) < 4.78 is 31.2. The minimum Gasteiger partial charge on any atom is -0.490 e. The highest BCUT2D eigenvalue weighted by molar-refractivity contribution is 7.92. The van der Waals surface area contributed by atoms with Crippen LogP contribution in [0, 0.1) is 13.8 Å². The van der Waals surface area contributed by atoms with Gasteiger partial charge in [0.15, 0.2) is 0 Å². The summed E-state index contributed by atoms with van der Waals surface area (Å²) in [5.74, 6) is 0.418. The first kappa shape index (κ1) is 23.0. The summed E-state index contributed by atoms with van der Waals surface area (Å²) in [6, 6.07) is 12.7. The van der Waals surface area contributed by atoms with Crippen LogP contribution < -0.4 is 14.4 Å². The number of rotatable bonds is 10. The third-order valence-corrected chi connectivity index (χ3v) is 5.97. The SMILES string of the molecule is Cc1ccc(N(CCCC(=O)NCCOc2ccccc2Cl)S(C)(=O)=O)cc1C. The molecule has 8 heteroatoms. The summed E-state index contributed by atoms with van der Waals surface area (Å²) in [4.78, 5) is 12.0. The molecule has 1 amide bonds. The maximum atomic E-state index is 12.2. The van der Waals surface area contributed by atoms with Crippen LogP contribution in [-0.2, 0) is 14.8 Å². The van der Waals surface area contributed by atoms with E-state index in [1.54, 1.807) is 18.2 Å². The van der Waals surface area contributed by atoms with Crippen LogP contribution in [0.25, 0.3) is 0 Å². The van der Waals surface area contributed by atoms with E-state index in [1.165, 1.54) is 10.6 Å². The molecular formula is C21H27ClN2O4S. The molecule has 0 unspecified atom stereocenters. The minimum absolute atomic E-state index is 0.152. The lowest BCUT2D eigenvalue weighted by Crippen LogP contribution is -2.33. The van der Waals surface area contributed by atoms with Crippen molar-refractivity contribution in [3.8, 4) is 5.75 Å². The van der Waals surface area contributed by atoms with Crippen molar-refractivity contribution < 1.29 is 17.9 Å². The molecule has 158 valence electrons. The number of nitrogens with one attached hydrogen (secondary N) is 1. The zero-order chi connectivity index (χ0) is 21.4. The number of ether oxygens (including phenoxy) is 1. The zero-order valence-electron chi connectivity index (χ0n) is 16.9. The Bertz CT molecular complexity index is 947. The van der Waals surface area contributed by atoms with E-state index in [0.717, 1.165) is 11.1 Å². The van der Waals surface area contributed by atoms with Gasteiger partial charge in [-0.15, -0.1) is 0 Å². The van der Waals surface area contributed by atoms with E-state index >= 15 is 0 Å². The summed E-state index contributed by atoms with van der Waals surface area (Å²) >= 11 is 6.00. The predicted molar refractivity (Wildman–Crippen MR) is 117 cm³/mol. The Morgan fingerprint density at radius 2 is 1.86 bits per heavy atom. The van der Waals surface area contributed by atoms with Gasteiger partial charge in [-0.05, 0) is 55.7 Å². The predicted octanol–water partition coefficient (Wildman–Crippen LogP) is 3.70. The third-order valence-electron chi connectivity index (χ3n) is 4.46. The van der Waals surface area contributed by atoms with Gasteiger partial charge in [0.1, 0.15) is 12.4 Å². The van der Waals surface area contributed by atoms with E-state index < -0.39 is 10.0 Å². The normalized spacial score (nSPS) is 11.2. The molecule has 0 saturated heterocycles. The molecule has 0 aromatic heterocycles. The topological polar surface area (TPSA) is 75.7 Å². The van der Waals surface area contributed by atoms with Gasteiger partial charge in [-0.1, -0.05) is 29.8 Å². The first-order valence-corrected chi connectivity index (χ1v) is 11.6. The Morgan fingerprint density at radius 3 is 2.52 bits per heavy atom. The van der Waals surface area contributed by atoms with Crippen molar-refractivity contribution in [2.24, 2.45) is 0 Å². The Hall–Kier alpha value is -2.25. The third kappa shape index (κ3) is 7.25. The van der Waals surface area contributed by atoms with Crippen LogP contribution in [-0.4, -0.2) is 40.3 Å². The molecule has 0 spiro atoms. The molecule has 0 aliphatic heterocycles. The van der Waals surface area contributed by atoms with E-state index in [0.29, 0.717) is 36.0 Å². The fourth-order valence-corrected chi connectivity index (χ4v) is 3.90. The van der Waals surface area contributed by atoms with E-state index in [9.17, 15) is 13.2 Å². The number of carbonyl (C=O) groups excluding carboxylic acids is 1. The second kappa shape index (κ2) is 10.5. The maximum Gasteiger partial charge on any atom is 0.232 e. The van der Waals surface area contributed by atoms with Crippen LogP contribution >= 0.6 is 11.6 Å². The smallest absolute Gasteiger partial charge is 0.232 e. The van der Waals surface area contributed by atoms with Crippen molar-refractivity contribution in [2.45, 2.75) is 26.7 Å². The number of nitrogens with zero attached hydrogens (tertiary/aromatic N) is 1. The quantitative estimate of drug-likeness (QED) is 0.574. The first-order valence-electron chi connectivity index (χ1n) is 9.37. The van der Waals surface area contributed by atoms with Gasteiger partial charge < -0.3 is 10.1 Å². The molecule has 0 bridgehead atoms. The standard InChI is InChI=1S/C21H27ClN2O4S/c1-16-10-11-18(15-17(16)2)24(29(3,26)27)13-6-9-21(25)23-12-14-28-20-8-5-4-7-19(20)22/h4-5,7-8,10-11,15H,6,9,12-14H2,1-3H3,(H,23,25). The lowest BCUT2D eigenvalue weighted by molar-refractivity contribution is -0.121. The van der Waals surface area contributed by atoms with Crippen molar-refractivity contribution >= 4 is 33.2 Å². The molecule has 0 atom stereocenters. The molecule has 6 nitrogen and oxygen atoms in total. The van der Waals surface area contributed by atoms with E-state index in [2.05, 4.69) is 5.32 Å². The number of benzene rings is 2. The van der Waals surface area contributed by atoms with E-state index in [1.807, 2.05) is 38.1 Å². The number of sulfonamides is 1. The van der Waals surface area contributed by atoms with E-state index in [4.69, 9.17) is 16.3 Å². The van der Waals surface area contributed by atoms with Crippen LogP contribution in [0.3, 0.4) is 0 Å². The Kier molecular flexibility index (Phi) is 8.34. The van der Waals surface area contributed by atoms with Gasteiger partial charge in [0.25, 0.3) is 0 Å². The van der Waals surface area contributed by atoms with Crippen molar-refractivity contribution in [2.75, 3.05) is 30.3 Å². The molecule has 29 heavy (non-hydrogen) atoms. The van der Waals surface area contributed by atoms with Crippen molar-refractivity contribution in [3.63, 3.8) is 0 Å². The molecule has 0 saturated carbocycles. The fourth-order valence-electron chi connectivity index (χ4n) is 2.75. The highest BCUT2D eigenvalue weighted by atomic mass is 35.5. The molecule has 2 aromatic rings. The molecule has 0 aliphatic carbocycles. The second-order valence-corrected chi connectivity index (χ2v) is 9.15. The van der Waals surface area contributed by atoms with Crippen LogP contribution in [0.5, 0.6) is 5.75 Å². The highest BCUT2D eigenvalue weighted by Crippen LogP contribution is 2.23. The number of hydrogen-bond donors (Lipinski definition) is 1. The maximum absolute atomic E-state index is 12.2. The van der Waals surface area contributed by atoms with Gasteiger partial charge in [-0.25, -0.2) is 8.42 Å². The van der Waals surface area contributed by atoms with Crippen LogP contribution in [0.2, 0.25) is 5.02 Å². The number of aryl methyl sites for hydroxylation is 2. The highest BCUT2D eigenvalue weighted by Gasteiger charge is 2.18. The summed E-state index contributed by atoms with van der Waals surface area (Å²) in [7, 11) is -3.43. The van der Waals surface area contributed by atoms with Crippen molar-refractivity contribution in [1.82, 2.24) is 5.32 Å². The van der Waals surface area contributed by atoms with Gasteiger partial charge in [-0.3, -0.25) is 9.10 Å². The Balaban J connectivity index is 1.79. The van der Waals surface area contributed by atoms with Crippen LogP contribution in [0.15, 0.2) is 42.5 Å². The first-order chi connectivity index (χ1) is 13.7. The average molecular weight is 439 g/mol. The molecule has 2 rings (SSSR count). The monoisotopic (exact) mass is 438 g/mol. The lowest BCUT2D eigenvalue weighted by Gasteiger charge is -2.23. The largest absolute Gasteiger partial charge is 0.490 e. The Morgan fingerprint density at radius 1 is 1.14 bits per heavy atom. The summed E-state index contributed by atoms with van der Waals surface area (Å²) in [6.45, 7) is 4.80. The second-order valence-electron chi connectivity index (χ2n) is 6.84. The summed E-state index contributed by atoms with van der Waals surface area (Å²) in [5, 5.41) is 3.29. The van der Waals surface area contributed by atoms with Gasteiger partial charge in [0, 0.05) is 13.0 Å². The van der Waals surface area contributed by atoms with Gasteiger partial charge in [-0.2, -0.15) is 0 Å². The number of halogens is 1. The molecule has 1 N–H and O–H groups in total. The number of para-hydroxylation sites is 1. The molecule has 0 aliphatic rings. The molecule has 0 fully saturated rings. The summed E-state index contributed by atoms with van der Waals surface area (Å²) in [5.41, 5.74) is 2.73. The number of anilines is 1. The Labute approximate surface area is 177 Å². The molecular weight excluding hydrogens is 412 g/mol. The number of amides is 1. The fraction of sp³-hybridized carbons (Fsp3) is 0.381. The molecule has 2 aromatic carbocycles. The van der Waals surface area contributed by atoms with Crippen LogP contribution in [0.4, 0.5) is 5.69 Å². The van der Waals surface area contributed by atoms with Crippen LogP contribution in [0.1, 0.15) is 24.0 Å². The molecule has 0 heterocycles. The molecule has 0 radical (unpaired) electrons. The van der Waals surface area contributed by atoms with Gasteiger partial charge >= 0.3 is 0 Å². The zero-order valence-corrected chi connectivity index (χ0v) is 18.5. The lowest BCUT2D eigenvalue weighted by atomic mass is 10.1.